The molecule has 16 heavy (non-hydrogen) atoms. The molecule has 0 aliphatic heterocycles. The summed E-state index contributed by atoms with van der Waals surface area (Å²) in [5, 5.41) is 0. The van der Waals surface area contributed by atoms with E-state index in [1.54, 1.807) is 0 Å². The zero-order chi connectivity index (χ0) is 12.4. The number of hydrogen-bond acceptors (Lipinski definition) is 2. The lowest BCUT2D eigenvalue weighted by Crippen LogP contribution is -2.07. The number of carbonyl (C=O) groups is 1. The lowest BCUT2D eigenvalue weighted by Gasteiger charge is -2.04. The van der Waals surface area contributed by atoms with E-state index >= 15 is 0 Å². The molecule has 0 amide bonds. The summed E-state index contributed by atoms with van der Waals surface area (Å²) in [4.78, 5) is 11.2. The molecular formula is C13H19IO2. The van der Waals surface area contributed by atoms with Crippen LogP contribution in [0, 0.1) is 5.92 Å². The molecule has 2 nitrogen and oxygen atoms in total. The Bertz CT molecular complexity index is 290. The minimum Gasteiger partial charge on any atom is -0.466 e. The van der Waals surface area contributed by atoms with Crippen LogP contribution in [0.1, 0.15) is 27.2 Å². The van der Waals surface area contributed by atoms with Crippen LogP contribution in [-0.4, -0.2) is 12.6 Å². The van der Waals surface area contributed by atoms with Crippen molar-refractivity contribution in [3.05, 3.63) is 34.0 Å². The topological polar surface area (TPSA) is 26.3 Å². The molecule has 0 N–H and O–H groups in total. The van der Waals surface area contributed by atoms with Gasteiger partial charge in [-0.3, -0.25) is 4.79 Å². The zero-order valence-corrected chi connectivity index (χ0v) is 12.2. The highest BCUT2D eigenvalue weighted by molar-refractivity contribution is 14.1. The van der Waals surface area contributed by atoms with Gasteiger partial charge in [0.1, 0.15) is 0 Å². The second kappa shape index (κ2) is 9.63. The van der Waals surface area contributed by atoms with Crippen LogP contribution in [0.25, 0.3) is 0 Å². The van der Waals surface area contributed by atoms with Crippen molar-refractivity contribution in [1.29, 1.82) is 0 Å². The van der Waals surface area contributed by atoms with Gasteiger partial charge in [-0.25, -0.2) is 0 Å². The van der Waals surface area contributed by atoms with Gasteiger partial charge >= 0.3 is 5.97 Å². The Morgan fingerprint density at radius 3 is 2.75 bits per heavy atom. The molecule has 0 fully saturated rings. The van der Waals surface area contributed by atoms with Gasteiger partial charge in [0.25, 0.3) is 0 Å². The van der Waals surface area contributed by atoms with Gasteiger partial charge in [0.2, 0.25) is 0 Å². The van der Waals surface area contributed by atoms with E-state index in [1.807, 2.05) is 49.2 Å². The third-order valence-electron chi connectivity index (χ3n) is 1.92. The minimum atomic E-state index is -0.132. The van der Waals surface area contributed by atoms with Crippen LogP contribution >= 0.6 is 22.6 Å². The van der Waals surface area contributed by atoms with Crippen molar-refractivity contribution < 1.29 is 9.53 Å². The number of esters is 1. The molecular weight excluding hydrogens is 315 g/mol. The zero-order valence-electron chi connectivity index (χ0n) is 10.1. The van der Waals surface area contributed by atoms with Crippen molar-refractivity contribution in [1.82, 2.24) is 0 Å². The molecule has 0 aromatic carbocycles. The highest BCUT2D eigenvalue weighted by atomic mass is 127. The molecule has 0 saturated carbocycles. The summed E-state index contributed by atoms with van der Waals surface area (Å²) in [6.45, 7) is 6.32. The number of allylic oxidation sites excluding steroid dienone is 5. The summed E-state index contributed by atoms with van der Waals surface area (Å²) >= 11 is 2.19. The first-order valence-electron chi connectivity index (χ1n) is 5.37. The number of carbonyl (C=O) groups excluding carboxylic acids is 1. The lowest BCUT2D eigenvalue weighted by molar-refractivity contribution is -0.143. The molecule has 0 radical (unpaired) electrons. The summed E-state index contributed by atoms with van der Waals surface area (Å²) < 4.78 is 6.85. The van der Waals surface area contributed by atoms with Gasteiger partial charge in [-0.05, 0) is 23.8 Å². The molecule has 0 rings (SSSR count). The summed E-state index contributed by atoms with van der Waals surface area (Å²) in [6.07, 6.45) is 8.49. The van der Waals surface area contributed by atoms with Crippen LogP contribution < -0.4 is 0 Å². The van der Waals surface area contributed by atoms with Crippen molar-refractivity contribution >= 4 is 28.6 Å². The van der Waals surface area contributed by atoms with E-state index in [0.29, 0.717) is 13.0 Å². The van der Waals surface area contributed by atoms with E-state index in [-0.39, 0.29) is 11.9 Å². The average molecular weight is 334 g/mol. The molecule has 0 spiro atoms. The molecule has 0 heterocycles. The van der Waals surface area contributed by atoms with Crippen molar-refractivity contribution in [3.8, 4) is 0 Å². The molecule has 90 valence electrons. The highest BCUT2D eigenvalue weighted by Gasteiger charge is 2.05. The van der Waals surface area contributed by atoms with Crippen LogP contribution in [0.15, 0.2) is 34.0 Å². The number of rotatable bonds is 6. The van der Waals surface area contributed by atoms with Gasteiger partial charge in [-0.2, -0.15) is 0 Å². The Balaban J connectivity index is 4.04. The normalized spacial score (nSPS) is 14.6. The number of halogens is 1. The molecule has 0 saturated heterocycles. The Kier molecular flexibility index (Phi) is 9.28. The van der Waals surface area contributed by atoms with Crippen LogP contribution in [-0.2, 0) is 9.53 Å². The molecule has 0 bridgehead atoms. The molecule has 0 aliphatic rings. The molecule has 0 unspecified atom stereocenters. The standard InChI is InChI=1S/C13H19IO2/c1-4-16-13(15)10-12(3)7-5-6-11(2)8-9-14/h5-9,12H,4,10H2,1-3H3/b7-5+,9-8+,11-6-/t12-/m1/s1. The fraction of sp³-hybridized carbons (Fsp3) is 0.462. The van der Waals surface area contributed by atoms with Gasteiger partial charge in [0.15, 0.2) is 0 Å². The third-order valence-corrected chi connectivity index (χ3v) is 2.28. The first-order valence-corrected chi connectivity index (χ1v) is 6.62. The Labute approximate surface area is 112 Å². The third kappa shape index (κ3) is 8.71. The van der Waals surface area contributed by atoms with E-state index in [2.05, 4.69) is 22.6 Å². The SMILES string of the molecule is CCOC(=O)C[C@H](C)/C=C/C=C(C)\C=C\I. The smallest absolute Gasteiger partial charge is 0.306 e. The maximum absolute atomic E-state index is 11.2. The summed E-state index contributed by atoms with van der Waals surface area (Å²) in [6, 6.07) is 0. The van der Waals surface area contributed by atoms with E-state index in [9.17, 15) is 4.79 Å². The van der Waals surface area contributed by atoms with E-state index in [4.69, 9.17) is 4.74 Å². The minimum absolute atomic E-state index is 0.132. The second-order valence-corrected chi connectivity index (χ2v) is 4.29. The molecule has 1 atom stereocenters. The van der Waals surface area contributed by atoms with Crippen molar-refractivity contribution in [2.45, 2.75) is 27.2 Å². The summed E-state index contributed by atoms with van der Waals surface area (Å²) in [5.74, 6) is 0.0826. The Morgan fingerprint density at radius 1 is 1.50 bits per heavy atom. The number of hydrogen-bond donors (Lipinski definition) is 0. The summed E-state index contributed by atoms with van der Waals surface area (Å²) in [5.41, 5.74) is 1.19. The van der Waals surface area contributed by atoms with Gasteiger partial charge in [-0.1, -0.05) is 59.4 Å². The van der Waals surface area contributed by atoms with Crippen LogP contribution in [0.3, 0.4) is 0 Å². The van der Waals surface area contributed by atoms with Crippen LogP contribution in [0.5, 0.6) is 0 Å². The second-order valence-electron chi connectivity index (χ2n) is 3.57. The van der Waals surface area contributed by atoms with Gasteiger partial charge in [0, 0.05) is 0 Å². The average Bonchev–Trinajstić information content (AvgIpc) is 2.18. The molecule has 0 aromatic rings. The van der Waals surface area contributed by atoms with E-state index in [0.717, 1.165) is 0 Å². The van der Waals surface area contributed by atoms with Crippen molar-refractivity contribution in [2.75, 3.05) is 6.61 Å². The predicted molar refractivity (Wildman–Crippen MR) is 76.5 cm³/mol. The fourth-order valence-electron chi connectivity index (χ4n) is 1.10. The first-order chi connectivity index (χ1) is 7.60. The monoisotopic (exact) mass is 334 g/mol. The van der Waals surface area contributed by atoms with Crippen LogP contribution in [0.4, 0.5) is 0 Å². The van der Waals surface area contributed by atoms with E-state index < -0.39 is 0 Å². The quantitative estimate of drug-likeness (QED) is 0.416. The Morgan fingerprint density at radius 2 is 2.19 bits per heavy atom. The van der Waals surface area contributed by atoms with Gasteiger partial charge in [0.05, 0.1) is 13.0 Å². The molecule has 0 aliphatic carbocycles. The summed E-state index contributed by atoms with van der Waals surface area (Å²) in [7, 11) is 0. The molecule has 0 aromatic heterocycles. The van der Waals surface area contributed by atoms with Crippen LogP contribution in [0.2, 0.25) is 0 Å². The fourth-order valence-corrected chi connectivity index (χ4v) is 1.67. The first kappa shape index (κ1) is 15.4. The van der Waals surface area contributed by atoms with E-state index in [1.165, 1.54) is 5.57 Å². The maximum atomic E-state index is 11.2. The van der Waals surface area contributed by atoms with Crippen molar-refractivity contribution in [2.24, 2.45) is 5.92 Å². The maximum Gasteiger partial charge on any atom is 0.306 e. The lowest BCUT2D eigenvalue weighted by atomic mass is 10.1. The molecule has 3 heteroatoms. The van der Waals surface area contributed by atoms with Gasteiger partial charge in [-0.15, -0.1) is 0 Å². The highest BCUT2D eigenvalue weighted by Crippen LogP contribution is 2.06. The predicted octanol–water partition coefficient (Wildman–Crippen LogP) is 4.03. The largest absolute Gasteiger partial charge is 0.466 e. The Hall–Kier alpha value is -0.580. The van der Waals surface area contributed by atoms with Gasteiger partial charge < -0.3 is 4.74 Å². The number of ether oxygens (including phenoxy) is 1. The van der Waals surface area contributed by atoms with Crippen molar-refractivity contribution in [3.63, 3.8) is 0 Å².